The maximum atomic E-state index is 11.6. The fourth-order valence-electron chi connectivity index (χ4n) is 0.583. The molecule has 0 aliphatic rings. The average molecular weight is 305 g/mol. The van der Waals surface area contributed by atoms with Crippen LogP contribution in [0.4, 0.5) is 23.1 Å². The van der Waals surface area contributed by atoms with Gasteiger partial charge in [0.2, 0.25) is 0 Å². The fourth-order valence-corrected chi connectivity index (χ4v) is 1.68. The molecule has 0 bridgehead atoms. The van der Waals surface area contributed by atoms with Crippen molar-refractivity contribution in [3.05, 3.63) is 9.98 Å². The van der Waals surface area contributed by atoms with E-state index in [4.69, 9.17) is 0 Å². The van der Waals surface area contributed by atoms with Gasteiger partial charge in [-0.1, -0.05) is 11.3 Å². The number of nitrogens with one attached hydrogen (secondary N) is 1. The number of halogens is 4. The number of hydrogen-bond donors (Lipinski definition) is 1. The molecule has 0 saturated heterocycles. The number of anilines is 1. The molecule has 0 radical (unpaired) electrons. The Labute approximate surface area is 94.6 Å². The lowest BCUT2D eigenvalue weighted by molar-refractivity contribution is -0.159. The Morgan fingerprint density at radius 2 is 2.33 bits per heavy atom. The lowest BCUT2D eigenvalue weighted by Crippen LogP contribution is -2.23. The summed E-state index contributed by atoms with van der Waals surface area (Å²) >= 11 is 4.14. The number of carbonyl (C=O) groups excluding carboxylic acids is 1. The zero-order valence-corrected chi connectivity index (χ0v) is 9.37. The molecule has 1 aromatic rings. The normalized spacial score (nSPS) is 11.2. The highest BCUT2D eigenvalue weighted by molar-refractivity contribution is 9.11. The second kappa shape index (κ2) is 4.79. The van der Waals surface area contributed by atoms with Crippen molar-refractivity contribution in [2.24, 2.45) is 0 Å². The average Bonchev–Trinajstić information content (AvgIpc) is 2.47. The van der Waals surface area contributed by atoms with Gasteiger partial charge in [0.1, 0.15) is 0 Å². The number of hydrogen-bond acceptors (Lipinski definition) is 4. The number of alkyl halides is 3. The lowest BCUT2D eigenvalue weighted by Gasteiger charge is -2.07. The van der Waals surface area contributed by atoms with Gasteiger partial charge in [-0.05, 0) is 15.9 Å². The van der Waals surface area contributed by atoms with E-state index < -0.39 is 18.9 Å². The van der Waals surface area contributed by atoms with Gasteiger partial charge in [0.25, 0.3) is 0 Å². The number of nitrogens with zero attached hydrogens (tertiary/aromatic N) is 1. The molecule has 0 saturated carbocycles. The minimum Gasteiger partial charge on any atom is -0.440 e. The Morgan fingerprint density at radius 1 is 1.67 bits per heavy atom. The first kappa shape index (κ1) is 12.2. The van der Waals surface area contributed by atoms with Gasteiger partial charge in [-0.15, -0.1) is 0 Å². The monoisotopic (exact) mass is 304 g/mol. The van der Waals surface area contributed by atoms with E-state index in [0.29, 0.717) is 3.79 Å². The van der Waals surface area contributed by atoms with Crippen molar-refractivity contribution >= 4 is 38.5 Å². The Balaban J connectivity index is 2.37. The molecule has 1 amide bonds. The summed E-state index contributed by atoms with van der Waals surface area (Å²) in [5.74, 6) is 0. The SMILES string of the molecule is O=C(Nc1ncc(Br)s1)OCC(F)(F)F. The number of aromatic nitrogens is 1. The van der Waals surface area contributed by atoms with Crippen LogP contribution in [0.2, 0.25) is 0 Å². The van der Waals surface area contributed by atoms with Crippen LogP contribution in [0.15, 0.2) is 9.98 Å². The second-order valence-electron chi connectivity index (χ2n) is 2.29. The molecule has 1 aromatic heterocycles. The zero-order chi connectivity index (χ0) is 11.5. The summed E-state index contributed by atoms with van der Waals surface area (Å²) in [5, 5.41) is 2.21. The minimum atomic E-state index is -4.53. The van der Waals surface area contributed by atoms with Crippen LogP contribution in [0, 0.1) is 0 Å². The quantitative estimate of drug-likeness (QED) is 0.914. The van der Waals surface area contributed by atoms with Gasteiger partial charge in [-0.25, -0.2) is 9.78 Å². The smallest absolute Gasteiger partial charge is 0.422 e. The van der Waals surface area contributed by atoms with E-state index in [1.165, 1.54) is 6.20 Å². The third-order valence-electron chi connectivity index (χ3n) is 1.05. The van der Waals surface area contributed by atoms with E-state index in [9.17, 15) is 18.0 Å². The van der Waals surface area contributed by atoms with Crippen molar-refractivity contribution in [2.75, 3.05) is 11.9 Å². The largest absolute Gasteiger partial charge is 0.440 e. The highest BCUT2D eigenvalue weighted by atomic mass is 79.9. The van der Waals surface area contributed by atoms with Crippen LogP contribution in [-0.4, -0.2) is 23.9 Å². The van der Waals surface area contributed by atoms with Crippen molar-refractivity contribution in [1.29, 1.82) is 0 Å². The molecule has 0 aliphatic heterocycles. The Kier molecular flexibility index (Phi) is 3.91. The summed E-state index contributed by atoms with van der Waals surface area (Å²) in [5.41, 5.74) is 0. The first-order valence-electron chi connectivity index (χ1n) is 3.49. The molecular weight excluding hydrogens is 301 g/mol. The predicted molar refractivity (Wildman–Crippen MR) is 50.8 cm³/mol. The summed E-state index contributed by atoms with van der Waals surface area (Å²) in [6, 6.07) is 0. The molecule has 0 spiro atoms. The van der Waals surface area contributed by atoms with Crippen LogP contribution in [0.1, 0.15) is 0 Å². The van der Waals surface area contributed by atoms with Crippen molar-refractivity contribution < 1.29 is 22.7 Å². The first-order chi connectivity index (χ1) is 6.87. The molecule has 0 atom stereocenters. The van der Waals surface area contributed by atoms with Crippen molar-refractivity contribution in [3.63, 3.8) is 0 Å². The van der Waals surface area contributed by atoms with Gasteiger partial charge < -0.3 is 4.74 Å². The molecule has 0 aliphatic carbocycles. The summed E-state index contributed by atoms with van der Waals surface area (Å²) in [6.07, 6.45) is -4.31. The van der Waals surface area contributed by atoms with Gasteiger partial charge in [0, 0.05) is 0 Å². The maximum Gasteiger partial charge on any atom is 0.422 e. The number of rotatable bonds is 2. The van der Waals surface area contributed by atoms with E-state index in [0.717, 1.165) is 11.3 Å². The van der Waals surface area contributed by atoms with E-state index in [2.05, 4.69) is 31.0 Å². The first-order valence-corrected chi connectivity index (χ1v) is 5.09. The van der Waals surface area contributed by atoms with Crippen LogP contribution >= 0.6 is 27.3 Å². The summed E-state index contributed by atoms with van der Waals surface area (Å²) in [4.78, 5) is 14.5. The molecule has 4 nitrogen and oxygen atoms in total. The van der Waals surface area contributed by atoms with Gasteiger partial charge >= 0.3 is 12.3 Å². The molecule has 1 N–H and O–H groups in total. The topological polar surface area (TPSA) is 51.2 Å². The maximum absolute atomic E-state index is 11.6. The van der Waals surface area contributed by atoms with Gasteiger partial charge in [0.05, 0.1) is 9.98 Å². The molecule has 1 heterocycles. The summed E-state index contributed by atoms with van der Waals surface area (Å²) < 4.78 is 39.4. The zero-order valence-electron chi connectivity index (χ0n) is 6.97. The Hall–Kier alpha value is -0.830. The predicted octanol–water partition coefficient (Wildman–Crippen LogP) is 3.02. The van der Waals surface area contributed by atoms with Crippen molar-refractivity contribution in [3.8, 4) is 0 Å². The molecule has 0 fully saturated rings. The van der Waals surface area contributed by atoms with Crippen LogP contribution in [0.25, 0.3) is 0 Å². The number of carbonyl (C=O) groups is 1. The molecule has 15 heavy (non-hydrogen) atoms. The van der Waals surface area contributed by atoms with Gasteiger partial charge in [-0.3, -0.25) is 5.32 Å². The number of thiazole rings is 1. The second-order valence-corrected chi connectivity index (χ2v) is 4.70. The fraction of sp³-hybridized carbons (Fsp3) is 0.333. The van der Waals surface area contributed by atoms with Crippen LogP contribution in [-0.2, 0) is 4.74 Å². The third kappa shape index (κ3) is 4.98. The lowest BCUT2D eigenvalue weighted by atomic mass is 10.7. The molecule has 9 heteroatoms. The standard InChI is InChI=1S/C6H4BrF3N2O2S/c7-3-1-11-4(15-3)12-5(13)14-2-6(8,9)10/h1H,2H2,(H,11,12,13). The summed E-state index contributed by atoms with van der Waals surface area (Å²) in [6.45, 7) is -1.62. The van der Waals surface area contributed by atoms with Crippen LogP contribution in [0.5, 0.6) is 0 Å². The highest BCUT2D eigenvalue weighted by Gasteiger charge is 2.29. The Morgan fingerprint density at radius 3 is 2.80 bits per heavy atom. The molecule has 1 rings (SSSR count). The highest BCUT2D eigenvalue weighted by Crippen LogP contribution is 2.23. The molecule has 0 unspecified atom stereocenters. The summed E-state index contributed by atoms with van der Waals surface area (Å²) in [7, 11) is 0. The van der Waals surface area contributed by atoms with E-state index in [1.54, 1.807) is 0 Å². The van der Waals surface area contributed by atoms with E-state index in [1.807, 2.05) is 0 Å². The third-order valence-corrected chi connectivity index (χ3v) is 2.44. The Bertz CT molecular complexity index is 354. The van der Waals surface area contributed by atoms with Gasteiger partial charge in [0.15, 0.2) is 11.7 Å². The van der Waals surface area contributed by atoms with Crippen molar-refractivity contribution in [2.45, 2.75) is 6.18 Å². The molecule has 84 valence electrons. The number of ether oxygens (including phenoxy) is 1. The number of amides is 1. The van der Waals surface area contributed by atoms with E-state index >= 15 is 0 Å². The van der Waals surface area contributed by atoms with Crippen LogP contribution in [0.3, 0.4) is 0 Å². The molecular formula is C6H4BrF3N2O2S. The van der Waals surface area contributed by atoms with Crippen molar-refractivity contribution in [1.82, 2.24) is 4.98 Å². The molecule has 0 aromatic carbocycles. The van der Waals surface area contributed by atoms with Crippen LogP contribution < -0.4 is 5.32 Å². The van der Waals surface area contributed by atoms with Gasteiger partial charge in [-0.2, -0.15) is 13.2 Å². The van der Waals surface area contributed by atoms with E-state index in [-0.39, 0.29) is 5.13 Å². The minimum absolute atomic E-state index is 0.161.